The Morgan fingerprint density at radius 2 is 2.35 bits per heavy atom. The zero-order chi connectivity index (χ0) is 14.4. The van der Waals surface area contributed by atoms with E-state index in [4.69, 9.17) is 4.74 Å². The number of nitrogens with zero attached hydrogens (tertiary/aromatic N) is 3. The summed E-state index contributed by atoms with van der Waals surface area (Å²) in [6.07, 6.45) is 4.95. The van der Waals surface area contributed by atoms with Gasteiger partial charge in [-0.3, -0.25) is 0 Å². The Bertz CT molecular complexity index is 555. The summed E-state index contributed by atoms with van der Waals surface area (Å²) in [5.41, 5.74) is 0.595. The summed E-state index contributed by atoms with van der Waals surface area (Å²) in [6, 6.07) is 5.17. The number of anilines is 1. The monoisotopic (exact) mass is 275 g/mol. The molecule has 20 heavy (non-hydrogen) atoms. The quantitative estimate of drug-likeness (QED) is 0.864. The smallest absolute Gasteiger partial charge is 0.319 e. The van der Waals surface area contributed by atoms with Gasteiger partial charge in [0, 0.05) is 13.3 Å². The molecule has 7 nitrogen and oxygen atoms in total. The van der Waals surface area contributed by atoms with Crippen molar-refractivity contribution >= 4 is 11.7 Å². The molecule has 0 bridgehead atoms. The zero-order valence-corrected chi connectivity index (χ0v) is 11.4. The van der Waals surface area contributed by atoms with E-state index in [2.05, 4.69) is 20.7 Å². The number of ether oxygens (including phenoxy) is 1. The molecule has 2 rings (SSSR count). The predicted molar refractivity (Wildman–Crippen MR) is 74.9 cm³/mol. The summed E-state index contributed by atoms with van der Waals surface area (Å²) in [7, 11) is 1.59. The molecule has 106 valence electrons. The average Bonchev–Trinajstić information content (AvgIpc) is 2.88. The van der Waals surface area contributed by atoms with Gasteiger partial charge in [0.05, 0.1) is 30.7 Å². The Morgan fingerprint density at radius 3 is 3.05 bits per heavy atom. The van der Waals surface area contributed by atoms with Gasteiger partial charge in [-0.1, -0.05) is 6.07 Å². The van der Waals surface area contributed by atoms with Crippen molar-refractivity contribution < 1.29 is 9.53 Å². The van der Waals surface area contributed by atoms with Gasteiger partial charge in [0.15, 0.2) is 5.82 Å². The molecule has 0 saturated heterocycles. The minimum atomic E-state index is -0.296. The van der Waals surface area contributed by atoms with Gasteiger partial charge in [0.1, 0.15) is 0 Å². The highest BCUT2D eigenvalue weighted by atomic mass is 16.5. The third kappa shape index (κ3) is 3.79. The molecule has 2 aromatic rings. The topological polar surface area (TPSA) is 81.1 Å². The fraction of sp³-hybridized carbons (Fsp3) is 0.308. The highest BCUT2D eigenvalue weighted by Crippen LogP contribution is 2.09. The molecule has 1 unspecified atom stereocenters. The fourth-order valence-electron chi connectivity index (χ4n) is 1.68. The van der Waals surface area contributed by atoms with Gasteiger partial charge in [0.25, 0.3) is 0 Å². The third-order valence-corrected chi connectivity index (χ3v) is 2.52. The van der Waals surface area contributed by atoms with Crippen molar-refractivity contribution in [3.63, 3.8) is 0 Å². The van der Waals surface area contributed by atoms with Crippen LogP contribution in [0, 0.1) is 0 Å². The average molecular weight is 275 g/mol. The van der Waals surface area contributed by atoms with E-state index in [1.165, 1.54) is 0 Å². The molecule has 0 fully saturated rings. The van der Waals surface area contributed by atoms with Crippen LogP contribution in [0.4, 0.5) is 10.5 Å². The van der Waals surface area contributed by atoms with Crippen LogP contribution in [0.25, 0.3) is 5.82 Å². The van der Waals surface area contributed by atoms with E-state index in [9.17, 15) is 4.79 Å². The number of hydrogen-bond donors (Lipinski definition) is 2. The Kier molecular flexibility index (Phi) is 4.67. The first-order valence-corrected chi connectivity index (χ1v) is 6.21. The number of nitrogens with one attached hydrogen (secondary N) is 2. The minimum absolute atomic E-state index is 0.0640. The van der Waals surface area contributed by atoms with Crippen molar-refractivity contribution in [1.82, 2.24) is 20.1 Å². The largest absolute Gasteiger partial charge is 0.383 e. The van der Waals surface area contributed by atoms with Gasteiger partial charge in [-0.15, -0.1) is 0 Å². The standard InChI is InChI=1S/C13H17N5O2/c1-10(9-20-2)16-13(19)17-11-7-15-18(8-11)12-5-3-4-6-14-12/h3-8,10H,9H2,1-2H3,(H2,16,17,19). The number of methoxy groups -OCH3 is 1. The maximum absolute atomic E-state index is 11.7. The number of rotatable bonds is 5. The molecule has 7 heteroatoms. The van der Waals surface area contributed by atoms with Crippen LogP contribution in [0.2, 0.25) is 0 Å². The lowest BCUT2D eigenvalue weighted by Crippen LogP contribution is -2.38. The van der Waals surface area contributed by atoms with Crippen molar-refractivity contribution in [2.24, 2.45) is 0 Å². The minimum Gasteiger partial charge on any atom is -0.383 e. The molecule has 0 spiro atoms. The second-order valence-corrected chi connectivity index (χ2v) is 4.32. The number of carbonyl (C=O) groups is 1. The number of amides is 2. The molecule has 0 radical (unpaired) electrons. The summed E-state index contributed by atoms with van der Waals surface area (Å²) in [4.78, 5) is 15.9. The van der Waals surface area contributed by atoms with E-state index in [1.807, 2.05) is 25.1 Å². The molecule has 1 atom stereocenters. The van der Waals surface area contributed by atoms with E-state index in [0.717, 1.165) is 0 Å². The third-order valence-electron chi connectivity index (χ3n) is 2.52. The Hall–Kier alpha value is -2.41. The molecule has 2 amide bonds. The lowest BCUT2D eigenvalue weighted by Gasteiger charge is -2.12. The van der Waals surface area contributed by atoms with Crippen molar-refractivity contribution in [1.29, 1.82) is 0 Å². The molecule has 0 aliphatic heterocycles. The van der Waals surface area contributed by atoms with Crippen LogP contribution in [-0.4, -0.2) is 40.6 Å². The highest BCUT2D eigenvalue weighted by Gasteiger charge is 2.08. The summed E-state index contributed by atoms with van der Waals surface area (Å²) < 4.78 is 6.54. The first-order chi connectivity index (χ1) is 9.69. The Morgan fingerprint density at radius 1 is 1.50 bits per heavy atom. The molecule has 0 saturated carbocycles. The van der Waals surface area contributed by atoms with Crippen LogP contribution in [0.3, 0.4) is 0 Å². The fourth-order valence-corrected chi connectivity index (χ4v) is 1.68. The number of hydrogen-bond acceptors (Lipinski definition) is 4. The SMILES string of the molecule is COCC(C)NC(=O)Nc1cnn(-c2ccccn2)c1. The molecule has 0 aliphatic carbocycles. The van der Waals surface area contributed by atoms with E-state index in [-0.39, 0.29) is 12.1 Å². The molecule has 0 aliphatic rings. The lowest BCUT2D eigenvalue weighted by molar-refractivity contribution is 0.173. The van der Waals surface area contributed by atoms with Crippen LogP contribution < -0.4 is 10.6 Å². The summed E-state index contributed by atoms with van der Waals surface area (Å²) in [6.45, 7) is 2.32. The summed E-state index contributed by atoms with van der Waals surface area (Å²) in [5.74, 6) is 0.689. The van der Waals surface area contributed by atoms with Gasteiger partial charge in [-0.2, -0.15) is 5.10 Å². The maximum atomic E-state index is 11.7. The Labute approximate surface area is 117 Å². The number of pyridine rings is 1. The van der Waals surface area contributed by atoms with Crippen LogP contribution in [-0.2, 0) is 4.74 Å². The van der Waals surface area contributed by atoms with Gasteiger partial charge >= 0.3 is 6.03 Å². The Balaban J connectivity index is 1.95. The zero-order valence-electron chi connectivity index (χ0n) is 11.4. The molecular weight excluding hydrogens is 258 g/mol. The normalized spacial score (nSPS) is 11.9. The molecule has 2 heterocycles. The van der Waals surface area contributed by atoms with E-state index in [1.54, 1.807) is 30.4 Å². The van der Waals surface area contributed by atoms with Crippen LogP contribution >= 0.6 is 0 Å². The van der Waals surface area contributed by atoms with Gasteiger partial charge in [0.2, 0.25) is 0 Å². The second kappa shape index (κ2) is 6.67. The van der Waals surface area contributed by atoms with Crippen molar-refractivity contribution in [3.05, 3.63) is 36.8 Å². The number of carbonyl (C=O) groups excluding carboxylic acids is 1. The summed E-state index contributed by atoms with van der Waals surface area (Å²) >= 11 is 0. The van der Waals surface area contributed by atoms with Gasteiger partial charge in [-0.25, -0.2) is 14.5 Å². The van der Waals surface area contributed by atoms with Crippen LogP contribution in [0.15, 0.2) is 36.8 Å². The van der Waals surface area contributed by atoms with Crippen molar-refractivity contribution in [3.8, 4) is 5.82 Å². The molecule has 2 aromatic heterocycles. The van der Waals surface area contributed by atoms with Gasteiger partial charge in [-0.05, 0) is 19.1 Å². The highest BCUT2D eigenvalue weighted by molar-refractivity contribution is 5.89. The van der Waals surface area contributed by atoms with Crippen molar-refractivity contribution in [2.75, 3.05) is 19.0 Å². The molecular formula is C13H17N5O2. The van der Waals surface area contributed by atoms with E-state index in [0.29, 0.717) is 18.1 Å². The lowest BCUT2D eigenvalue weighted by atomic mass is 10.4. The summed E-state index contributed by atoms with van der Waals surface area (Å²) in [5, 5.41) is 9.60. The van der Waals surface area contributed by atoms with Crippen LogP contribution in [0.5, 0.6) is 0 Å². The first-order valence-electron chi connectivity index (χ1n) is 6.21. The van der Waals surface area contributed by atoms with Gasteiger partial charge < -0.3 is 15.4 Å². The predicted octanol–water partition coefficient (Wildman–Crippen LogP) is 1.42. The first kappa shape index (κ1) is 14.0. The number of urea groups is 1. The molecule has 0 aromatic carbocycles. The maximum Gasteiger partial charge on any atom is 0.319 e. The molecule has 2 N–H and O–H groups in total. The van der Waals surface area contributed by atoms with Crippen LogP contribution in [0.1, 0.15) is 6.92 Å². The number of aromatic nitrogens is 3. The van der Waals surface area contributed by atoms with Crippen molar-refractivity contribution in [2.45, 2.75) is 13.0 Å². The van der Waals surface area contributed by atoms with E-state index >= 15 is 0 Å². The van der Waals surface area contributed by atoms with E-state index < -0.39 is 0 Å². The second-order valence-electron chi connectivity index (χ2n) is 4.32.